The van der Waals surface area contributed by atoms with Gasteiger partial charge in [-0.15, -0.1) is 0 Å². The normalized spacial score (nSPS) is 10.6. The Morgan fingerprint density at radius 2 is 1.94 bits per heavy atom. The van der Waals surface area contributed by atoms with Crippen molar-refractivity contribution in [1.29, 1.82) is 0 Å². The summed E-state index contributed by atoms with van der Waals surface area (Å²) in [6.07, 6.45) is 0. The number of thioether (sulfide) groups is 1. The van der Waals surface area contributed by atoms with Crippen molar-refractivity contribution in [2.45, 2.75) is 12.7 Å². The van der Waals surface area contributed by atoms with Crippen molar-refractivity contribution in [3.05, 3.63) is 24.0 Å². The predicted octanol–water partition coefficient (Wildman–Crippen LogP) is 2.15. The Hall–Kier alpha value is -1.69. The molecule has 0 aliphatic rings. The summed E-state index contributed by atoms with van der Waals surface area (Å²) in [4.78, 5) is 4.29. The Balaban J connectivity index is 2.24. The van der Waals surface area contributed by atoms with Crippen molar-refractivity contribution < 1.29 is 4.52 Å². The van der Waals surface area contributed by atoms with Gasteiger partial charge >= 0.3 is 0 Å². The van der Waals surface area contributed by atoms with Crippen LogP contribution in [0.5, 0.6) is 0 Å². The lowest BCUT2D eigenvalue weighted by Crippen LogP contribution is -1.91. The molecule has 2 aromatic rings. The molecule has 0 fully saturated rings. The van der Waals surface area contributed by atoms with Gasteiger partial charge in [0.25, 0.3) is 5.89 Å². The fourth-order valence-corrected chi connectivity index (χ4v) is 1.93. The van der Waals surface area contributed by atoms with Gasteiger partial charge in [0.1, 0.15) is 0 Å². The van der Waals surface area contributed by atoms with Crippen molar-refractivity contribution in [3.8, 4) is 11.5 Å². The molecule has 1 aromatic carbocycles. The molecule has 0 saturated heterocycles. The second-order valence-corrected chi connectivity index (χ2v) is 4.82. The molecule has 1 heterocycles. The van der Waals surface area contributed by atoms with E-state index in [1.165, 1.54) is 0 Å². The third-order valence-corrected chi connectivity index (χ3v) is 3.00. The van der Waals surface area contributed by atoms with Gasteiger partial charge in [-0.2, -0.15) is 16.7 Å². The summed E-state index contributed by atoms with van der Waals surface area (Å²) in [7, 11) is 0. The Morgan fingerprint density at radius 1 is 1.24 bits per heavy atom. The molecule has 17 heavy (non-hydrogen) atoms. The zero-order valence-electron chi connectivity index (χ0n) is 9.51. The van der Waals surface area contributed by atoms with Crippen LogP contribution in [0.15, 0.2) is 22.7 Å². The zero-order chi connectivity index (χ0) is 12.3. The molecule has 0 aliphatic heterocycles. The molecule has 0 aliphatic carbocycles. The summed E-state index contributed by atoms with van der Waals surface area (Å²) in [6, 6.07) is 5.22. The number of nitrogen functional groups attached to an aromatic ring is 2. The minimum atomic E-state index is 0.454. The minimum absolute atomic E-state index is 0.454. The van der Waals surface area contributed by atoms with E-state index in [1.54, 1.807) is 30.0 Å². The van der Waals surface area contributed by atoms with Crippen molar-refractivity contribution in [2.24, 2.45) is 0 Å². The first-order valence-corrected chi connectivity index (χ1v) is 6.41. The van der Waals surface area contributed by atoms with Crippen LogP contribution in [0, 0.1) is 0 Å². The molecule has 0 spiro atoms. The minimum Gasteiger partial charge on any atom is -0.399 e. The summed E-state index contributed by atoms with van der Waals surface area (Å²) in [5.41, 5.74) is 13.3. The van der Waals surface area contributed by atoms with Gasteiger partial charge in [-0.05, 0) is 24.0 Å². The summed E-state index contributed by atoms with van der Waals surface area (Å²) in [5.74, 6) is 2.91. The van der Waals surface area contributed by atoms with Gasteiger partial charge in [0.2, 0.25) is 0 Å². The Labute approximate surface area is 104 Å². The van der Waals surface area contributed by atoms with E-state index < -0.39 is 0 Å². The summed E-state index contributed by atoms with van der Waals surface area (Å²) in [6.45, 7) is 2.09. The Bertz CT molecular complexity index is 492. The second-order valence-electron chi connectivity index (χ2n) is 3.54. The average Bonchev–Trinajstić information content (AvgIpc) is 2.73. The van der Waals surface area contributed by atoms with E-state index in [-0.39, 0.29) is 0 Å². The molecule has 2 rings (SSSR count). The number of nitrogens with two attached hydrogens (primary N) is 2. The maximum atomic E-state index is 5.71. The van der Waals surface area contributed by atoms with Crippen LogP contribution in [0.1, 0.15) is 12.7 Å². The van der Waals surface area contributed by atoms with E-state index in [4.69, 9.17) is 16.0 Å². The zero-order valence-corrected chi connectivity index (χ0v) is 10.3. The first-order valence-electron chi connectivity index (χ1n) is 5.25. The van der Waals surface area contributed by atoms with E-state index >= 15 is 0 Å². The molecule has 0 saturated carbocycles. The first-order chi connectivity index (χ1) is 8.19. The van der Waals surface area contributed by atoms with Gasteiger partial charge < -0.3 is 16.0 Å². The lowest BCUT2D eigenvalue weighted by atomic mass is 10.2. The highest BCUT2D eigenvalue weighted by molar-refractivity contribution is 7.98. The van der Waals surface area contributed by atoms with Gasteiger partial charge in [0.05, 0.1) is 5.75 Å². The molecule has 6 heteroatoms. The third kappa shape index (κ3) is 2.91. The van der Waals surface area contributed by atoms with Crippen LogP contribution < -0.4 is 11.5 Å². The second kappa shape index (κ2) is 5.09. The van der Waals surface area contributed by atoms with Crippen molar-refractivity contribution in [3.63, 3.8) is 0 Å². The van der Waals surface area contributed by atoms with Crippen LogP contribution in [0.25, 0.3) is 11.5 Å². The van der Waals surface area contributed by atoms with Crippen LogP contribution in [-0.2, 0) is 5.75 Å². The Kier molecular flexibility index (Phi) is 3.53. The van der Waals surface area contributed by atoms with Crippen LogP contribution in [0.2, 0.25) is 0 Å². The summed E-state index contributed by atoms with van der Waals surface area (Å²) < 4.78 is 5.17. The molecule has 4 N–H and O–H groups in total. The molecule has 90 valence electrons. The SMILES string of the molecule is CCSCc1noc(-c2cc(N)cc(N)c2)n1. The molecular weight excluding hydrogens is 236 g/mol. The standard InChI is InChI=1S/C11H14N4OS/c1-2-17-6-10-14-11(16-15-10)7-3-8(12)5-9(13)4-7/h3-5H,2,6,12-13H2,1H3. The highest BCUT2D eigenvalue weighted by Gasteiger charge is 2.09. The van der Waals surface area contributed by atoms with E-state index in [0.29, 0.717) is 23.1 Å². The number of hydrogen-bond donors (Lipinski definition) is 2. The van der Waals surface area contributed by atoms with Crippen molar-refractivity contribution >= 4 is 23.1 Å². The highest BCUT2D eigenvalue weighted by Crippen LogP contribution is 2.23. The number of anilines is 2. The van der Waals surface area contributed by atoms with Gasteiger partial charge in [-0.1, -0.05) is 12.1 Å². The number of hydrogen-bond acceptors (Lipinski definition) is 6. The molecule has 0 atom stereocenters. The van der Waals surface area contributed by atoms with Crippen LogP contribution >= 0.6 is 11.8 Å². The molecule has 5 nitrogen and oxygen atoms in total. The summed E-state index contributed by atoms with van der Waals surface area (Å²) >= 11 is 1.74. The predicted molar refractivity (Wildman–Crippen MR) is 70.4 cm³/mol. The lowest BCUT2D eigenvalue weighted by Gasteiger charge is -1.99. The fraction of sp³-hybridized carbons (Fsp3) is 0.273. The highest BCUT2D eigenvalue weighted by atomic mass is 32.2. The monoisotopic (exact) mass is 250 g/mol. The van der Waals surface area contributed by atoms with Gasteiger partial charge in [0, 0.05) is 16.9 Å². The Morgan fingerprint density at radius 3 is 2.59 bits per heavy atom. The van der Waals surface area contributed by atoms with Crippen LogP contribution in [0.3, 0.4) is 0 Å². The summed E-state index contributed by atoms with van der Waals surface area (Å²) in [5, 5.41) is 3.90. The smallest absolute Gasteiger partial charge is 0.258 e. The lowest BCUT2D eigenvalue weighted by molar-refractivity contribution is 0.425. The van der Waals surface area contributed by atoms with Crippen molar-refractivity contribution in [2.75, 3.05) is 17.2 Å². The molecule has 0 unspecified atom stereocenters. The molecule has 0 amide bonds. The van der Waals surface area contributed by atoms with Crippen molar-refractivity contribution in [1.82, 2.24) is 10.1 Å². The molecule has 1 aromatic heterocycles. The van der Waals surface area contributed by atoms with E-state index in [2.05, 4.69) is 17.1 Å². The van der Waals surface area contributed by atoms with Gasteiger partial charge in [-0.3, -0.25) is 0 Å². The quantitative estimate of drug-likeness (QED) is 0.808. The number of nitrogens with zero attached hydrogens (tertiary/aromatic N) is 2. The third-order valence-electron chi connectivity index (χ3n) is 2.13. The van der Waals surface area contributed by atoms with Gasteiger partial charge in [-0.25, -0.2) is 0 Å². The number of aromatic nitrogens is 2. The maximum absolute atomic E-state index is 5.71. The number of benzene rings is 1. The molecular formula is C11H14N4OS. The van der Waals surface area contributed by atoms with Gasteiger partial charge in [0.15, 0.2) is 5.82 Å². The topological polar surface area (TPSA) is 91.0 Å². The molecule has 0 bridgehead atoms. The van der Waals surface area contributed by atoms with Crippen LogP contribution in [0.4, 0.5) is 11.4 Å². The average molecular weight is 250 g/mol. The van der Waals surface area contributed by atoms with E-state index in [0.717, 1.165) is 17.1 Å². The van der Waals surface area contributed by atoms with E-state index in [9.17, 15) is 0 Å². The first kappa shape index (κ1) is 11.8. The fourth-order valence-electron chi connectivity index (χ4n) is 1.42. The maximum Gasteiger partial charge on any atom is 0.258 e. The molecule has 0 radical (unpaired) electrons. The van der Waals surface area contributed by atoms with E-state index in [1.807, 2.05) is 0 Å². The largest absolute Gasteiger partial charge is 0.399 e. The number of rotatable bonds is 4. The van der Waals surface area contributed by atoms with Crippen LogP contribution in [-0.4, -0.2) is 15.9 Å².